The quantitative estimate of drug-likeness (QED) is 0.441. The number of hydrogen-bond acceptors (Lipinski definition) is 8. The van der Waals surface area contributed by atoms with E-state index in [0.29, 0.717) is 16.8 Å². The molecule has 8 nitrogen and oxygen atoms in total. The first-order valence-electron chi connectivity index (χ1n) is 12.3. The lowest BCUT2D eigenvalue weighted by molar-refractivity contribution is -0.0639. The summed E-state index contributed by atoms with van der Waals surface area (Å²) in [5.41, 5.74) is 0.808. The standard InChI is InChI=1S/C29H28ClNO7/c1-14(2)37-28(34)19-12-17(16-9-7-6-8-10-16)22-18(31-19)11-15(3)29(26(22)32)27(33)23-20(35-4)13-21(36-5)24(30)25(23)38-29/h6-10,12-15,26,32H,11H2,1-5H3. The van der Waals surface area contributed by atoms with E-state index in [4.69, 9.17) is 30.5 Å². The minimum Gasteiger partial charge on any atom is -0.496 e. The third-order valence-electron chi connectivity index (χ3n) is 7.13. The number of ketones is 1. The van der Waals surface area contributed by atoms with Crippen LogP contribution in [-0.4, -0.2) is 47.8 Å². The largest absolute Gasteiger partial charge is 0.496 e. The number of rotatable bonds is 5. The summed E-state index contributed by atoms with van der Waals surface area (Å²) in [6.07, 6.45) is -1.50. The number of Topliss-reactive ketones (excluding diaryl/α,β-unsaturated/α-hetero) is 1. The molecule has 1 N–H and O–H groups in total. The topological polar surface area (TPSA) is 104 Å². The maximum Gasteiger partial charge on any atom is 0.357 e. The van der Waals surface area contributed by atoms with Crippen molar-refractivity contribution in [3.05, 3.63) is 70.0 Å². The number of carbonyl (C=O) groups excluding carboxylic acids is 2. The van der Waals surface area contributed by atoms with E-state index in [1.165, 1.54) is 20.3 Å². The van der Waals surface area contributed by atoms with Crippen LogP contribution in [0, 0.1) is 5.92 Å². The Morgan fingerprint density at radius 1 is 1.16 bits per heavy atom. The van der Waals surface area contributed by atoms with Gasteiger partial charge in [-0.2, -0.15) is 0 Å². The third kappa shape index (κ3) is 3.82. The zero-order valence-electron chi connectivity index (χ0n) is 21.7. The fourth-order valence-electron chi connectivity index (χ4n) is 5.35. The molecule has 3 aromatic rings. The number of fused-ring (bicyclic) bond motifs is 2. The van der Waals surface area contributed by atoms with Gasteiger partial charge in [-0.25, -0.2) is 9.78 Å². The van der Waals surface area contributed by atoms with Gasteiger partial charge in [0.25, 0.3) is 0 Å². The minimum absolute atomic E-state index is 0.105. The maximum absolute atomic E-state index is 14.1. The summed E-state index contributed by atoms with van der Waals surface area (Å²) in [6.45, 7) is 5.33. The van der Waals surface area contributed by atoms with Gasteiger partial charge in [0.15, 0.2) is 5.75 Å². The predicted octanol–water partition coefficient (Wildman–Crippen LogP) is 5.22. The Kier molecular flexibility index (Phi) is 6.57. The maximum atomic E-state index is 14.1. The van der Waals surface area contributed by atoms with Crippen molar-refractivity contribution < 1.29 is 33.6 Å². The molecule has 0 amide bonds. The van der Waals surface area contributed by atoms with E-state index in [1.807, 2.05) is 30.3 Å². The number of aromatic nitrogens is 1. The van der Waals surface area contributed by atoms with Crippen molar-refractivity contribution in [2.45, 2.75) is 45.0 Å². The van der Waals surface area contributed by atoms with Crippen LogP contribution in [0.25, 0.3) is 11.1 Å². The lowest BCUT2D eigenvalue weighted by Crippen LogP contribution is -2.55. The molecule has 3 unspecified atom stereocenters. The van der Waals surface area contributed by atoms with Crippen molar-refractivity contribution in [2.75, 3.05) is 14.2 Å². The highest BCUT2D eigenvalue weighted by Gasteiger charge is 2.62. The van der Waals surface area contributed by atoms with Crippen LogP contribution in [0.2, 0.25) is 5.02 Å². The molecule has 0 saturated carbocycles. The Hall–Kier alpha value is -3.62. The Balaban J connectivity index is 1.71. The molecule has 38 heavy (non-hydrogen) atoms. The van der Waals surface area contributed by atoms with Crippen LogP contribution in [0.5, 0.6) is 17.2 Å². The molecule has 1 spiro atoms. The van der Waals surface area contributed by atoms with E-state index in [0.717, 1.165) is 5.56 Å². The SMILES string of the molecule is COc1cc(OC)c2c(c1Cl)OC1(C2=O)C(C)Cc2nc(C(=O)OC(C)C)cc(-c3ccccc3)c2C1O. The van der Waals surface area contributed by atoms with Crippen LogP contribution in [0.15, 0.2) is 42.5 Å². The van der Waals surface area contributed by atoms with Crippen LogP contribution >= 0.6 is 11.6 Å². The number of halogens is 1. The molecular weight excluding hydrogens is 510 g/mol. The van der Waals surface area contributed by atoms with Gasteiger partial charge in [-0.05, 0) is 37.5 Å². The second-order valence-electron chi connectivity index (χ2n) is 9.77. The molecule has 0 bridgehead atoms. The summed E-state index contributed by atoms with van der Waals surface area (Å²) < 4.78 is 22.6. The summed E-state index contributed by atoms with van der Waals surface area (Å²) in [5.74, 6) is -0.918. The highest BCUT2D eigenvalue weighted by atomic mass is 35.5. The second-order valence-corrected chi connectivity index (χ2v) is 10.1. The zero-order chi connectivity index (χ0) is 27.4. The molecule has 3 atom stereocenters. The van der Waals surface area contributed by atoms with Gasteiger partial charge in [-0.3, -0.25) is 4.79 Å². The van der Waals surface area contributed by atoms with Gasteiger partial charge in [0.2, 0.25) is 11.4 Å². The number of methoxy groups -OCH3 is 2. The van der Waals surface area contributed by atoms with Crippen LogP contribution in [0.3, 0.4) is 0 Å². The third-order valence-corrected chi connectivity index (χ3v) is 7.49. The Bertz CT molecular complexity index is 1440. The fourth-order valence-corrected chi connectivity index (χ4v) is 5.62. The van der Waals surface area contributed by atoms with E-state index >= 15 is 0 Å². The highest BCUT2D eigenvalue weighted by molar-refractivity contribution is 6.35. The lowest BCUT2D eigenvalue weighted by Gasteiger charge is -2.42. The number of aliphatic hydroxyl groups excluding tert-OH is 1. The summed E-state index contributed by atoms with van der Waals surface area (Å²) in [4.78, 5) is 31.5. The van der Waals surface area contributed by atoms with Gasteiger partial charge in [0, 0.05) is 23.2 Å². The normalized spacial score (nSPS) is 21.6. The molecule has 1 aliphatic heterocycles. The Morgan fingerprint density at radius 3 is 2.47 bits per heavy atom. The molecule has 198 valence electrons. The molecule has 2 heterocycles. The predicted molar refractivity (Wildman–Crippen MR) is 140 cm³/mol. The Labute approximate surface area is 225 Å². The van der Waals surface area contributed by atoms with E-state index in [1.54, 1.807) is 26.8 Å². The molecule has 0 radical (unpaired) electrons. The van der Waals surface area contributed by atoms with E-state index in [-0.39, 0.29) is 46.1 Å². The van der Waals surface area contributed by atoms with Gasteiger partial charge < -0.3 is 24.1 Å². The summed E-state index contributed by atoms with van der Waals surface area (Å²) >= 11 is 6.57. The van der Waals surface area contributed by atoms with Crippen molar-refractivity contribution in [1.82, 2.24) is 4.98 Å². The van der Waals surface area contributed by atoms with Gasteiger partial charge in [0.1, 0.15) is 33.9 Å². The molecule has 2 aromatic carbocycles. The summed E-state index contributed by atoms with van der Waals surface area (Å²) in [6, 6.07) is 12.4. The fraction of sp³-hybridized carbons (Fsp3) is 0.345. The average Bonchev–Trinajstić information content (AvgIpc) is 3.22. The molecule has 0 saturated heterocycles. The van der Waals surface area contributed by atoms with Crippen LogP contribution < -0.4 is 14.2 Å². The number of benzene rings is 2. The first-order valence-corrected chi connectivity index (χ1v) is 12.7. The van der Waals surface area contributed by atoms with E-state index in [9.17, 15) is 14.7 Å². The molecule has 1 aliphatic carbocycles. The Morgan fingerprint density at radius 2 is 1.84 bits per heavy atom. The van der Waals surface area contributed by atoms with E-state index in [2.05, 4.69) is 4.98 Å². The van der Waals surface area contributed by atoms with Crippen molar-refractivity contribution in [1.29, 1.82) is 0 Å². The van der Waals surface area contributed by atoms with Crippen LogP contribution in [0.1, 0.15) is 59.0 Å². The number of nitrogens with zero attached hydrogens (tertiary/aromatic N) is 1. The molecular formula is C29H28ClNO7. The van der Waals surface area contributed by atoms with Crippen molar-refractivity contribution in [2.24, 2.45) is 5.92 Å². The van der Waals surface area contributed by atoms with Crippen LogP contribution in [0.4, 0.5) is 0 Å². The van der Waals surface area contributed by atoms with Crippen LogP contribution in [-0.2, 0) is 11.2 Å². The highest BCUT2D eigenvalue weighted by Crippen LogP contribution is 2.57. The molecule has 5 rings (SSSR count). The summed E-state index contributed by atoms with van der Waals surface area (Å²) in [7, 11) is 2.89. The smallest absolute Gasteiger partial charge is 0.357 e. The zero-order valence-corrected chi connectivity index (χ0v) is 22.5. The van der Waals surface area contributed by atoms with Gasteiger partial charge in [-0.1, -0.05) is 48.9 Å². The average molecular weight is 538 g/mol. The molecule has 1 aromatic heterocycles. The van der Waals surface area contributed by atoms with Gasteiger partial charge >= 0.3 is 5.97 Å². The molecule has 9 heteroatoms. The lowest BCUT2D eigenvalue weighted by atomic mass is 9.68. The van der Waals surface area contributed by atoms with E-state index < -0.39 is 29.4 Å². The molecule has 0 fully saturated rings. The minimum atomic E-state index is -1.69. The monoisotopic (exact) mass is 537 g/mol. The second kappa shape index (κ2) is 9.60. The van der Waals surface area contributed by atoms with Crippen molar-refractivity contribution >= 4 is 23.4 Å². The summed E-state index contributed by atoms with van der Waals surface area (Å²) in [5, 5.41) is 12.1. The number of aliphatic hydroxyl groups is 1. The van der Waals surface area contributed by atoms with Gasteiger partial charge in [0.05, 0.1) is 20.3 Å². The number of ether oxygens (including phenoxy) is 4. The molecule has 2 aliphatic rings. The number of pyridine rings is 1. The van der Waals surface area contributed by atoms with Crippen molar-refractivity contribution in [3.8, 4) is 28.4 Å². The van der Waals surface area contributed by atoms with Gasteiger partial charge in [-0.15, -0.1) is 0 Å². The number of carbonyl (C=O) groups is 2. The first-order chi connectivity index (χ1) is 18.1. The first kappa shape index (κ1) is 26.0. The number of hydrogen-bond donors (Lipinski definition) is 1. The van der Waals surface area contributed by atoms with Crippen molar-refractivity contribution in [3.63, 3.8) is 0 Å². The number of esters is 1.